The van der Waals surface area contributed by atoms with Crippen LogP contribution < -0.4 is 4.90 Å². The standard InChI is InChI=1S/C16H17N5O4S/c1-19-12-13(20(2)16(23)21(3)14(12)22)18-15(19)26(24,25)9-11-6-4-5-10(7-11)8-17/h4-7,16,23H,9H2,1-3H3. The van der Waals surface area contributed by atoms with Crippen molar-refractivity contribution in [2.24, 2.45) is 7.05 Å². The van der Waals surface area contributed by atoms with Crippen LogP contribution in [0.4, 0.5) is 5.82 Å². The number of imidazole rings is 1. The first-order valence-electron chi connectivity index (χ1n) is 7.64. The number of nitrogens with zero attached hydrogens (tertiary/aromatic N) is 5. The molecule has 0 radical (unpaired) electrons. The van der Waals surface area contributed by atoms with E-state index in [2.05, 4.69) is 4.98 Å². The van der Waals surface area contributed by atoms with Gasteiger partial charge in [0.25, 0.3) is 5.91 Å². The average Bonchev–Trinajstić information content (AvgIpc) is 2.96. The summed E-state index contributed by atoms with van der Waals surface area (Å²) in [6.07, 6.45) is -1.23. The number of carbonyl (C=O) groups is 1. The summed E-state index contributed by atoms with van der Waals surface area (Å²) in [6, 6.07) is 8.26. The van der Waals surface area contributed by atoms with E-state index in [1.807, 2.05) is 6.07 Å². The van der Waals surface area contributed by atoms with Crippen LogP contribution in [0.3, 0.4) is 0 Å². The highest BCUT2D eigenvalue weighted by molar-refractivity contribution is 7.90. The van der Waals surface area contributed by atoms with Crippen molar-refractivity contribution in [1.29, 1.82) is 5.26 Å². The van der Waals surface area contributed by atoms with Crippen LogP contribution in [0.15, 0.2) is 29.4 Å². The molecule has 9 nitrogen and oxygen atoms in total. The van der Waals surface area contributed by atoms with Crippen molar-refractivity contribution in [3.63, 3.8) is 0 Å². The number of aromatic nitrogens is 2. The summed E-state index contributed by atoms with van der Waals surface area (Å²) in [5, 5.41) is 18.7. The van der Waals surface area contributed by atoms with Crippen LogP contribution in [0.5, 0.6) is 0 Å². The number of carbonyl (C=O) groups excluding carboxylic acids is 1. The van der Waals surface area contributed by atoms with E-state index in [1.54, 1.807) is 18.2 Å². The van der Waals surface area contributed by atoms with E-state index in [4.69, 9.17) is 5.26 Å². The first-order chi connectivity index (χ1) is 12.2. The van der Waals surface area contributed by atoms with Gasteiger partial charge in [-0.15, -0.1) is 0 Å². The molecule has 1 aromatic carbocycles. The molecule has 2 heterocycles. The van der Waals surface area contributed by atoms with Crippen molar-refractivity contribution in [3.05, 3.63) is 41.1 Å². The van der Waals surface area contributed by atoms with E-state index in [1.165, 1.54) is 36.7 Å². The van der Waals surface area contributed by atoms with Crippen molar-refractivity contribution >= 4 is 21.6 Å². The third-order valence-corrected chi connectivity index (χ3v) is 5.91. The quantitative estimate of drug-likeness (QED) is 0.806. The van der Waals surface area contributed by atoms with E-state index >= 15 is 0 Å². The molecule has 1 atom stereocenters. The predicted octanol–water partition coefficient (Wildman–Crippen LogP) is 0.0634. The summed E-state index contributed by atoms with van der Waals surface area (Å²) in [7, 11) is 0.502. The zero-order valence-electron chi connectivity index (χ0n) is 14.4. The van der Waals surface area contributed by atoms with Gasteiger partial charge < -0.3 is 14.6 Å². The molecule has 1 unspecified atom stereocenters. The Labute approximate surface area is 150 Å². The summed E-state index contributed by atoms with van der Waals surface area (Å²) >= 11 is 0. The molecule has 0 saturated carbocycles. The third-order valence-electron chi connectivity index (χ3n) is 4.28. The maximum Gasteiger partial charge on any atom is 0.277 e. The Hall–Kier alpha value is -2.90. The molecule has 0 saturated heterocycles. The minimum atomic E-state index is -3.88. The van der Waals surface area contributed by atoms with Gasteiger partial charge in [-0.25, -0.2) is 8.42 Å². The van der Waals surface area contributed by atoms with Crippen molar-refractivity contribution in [3.8, 4) is 6.07 Å². The number of amides is 1. The Bertz CT molecular complexity index is 1040. The zero-order chi connectivity index (χ0) is 19.2. The Morgan fingerprint density at radius 1 is 1.27 bits per heavy atom. The summed E-state index contributed by atoms with van der Waals surface area (Å²) in [4.78, 5) is 18.9. The Kier molecular flexibility index (Phi) is 4.21. The molecule has 26 heavy (non-hydrogen) atoms. The molecule has 1 aliphatic rings. The lowest BCUT2D eigenvalue weighted by Gasteiger charge is -2.35. The fourth-order valence-corrected chi connectivity index (χ4v) is 4.36. The van der Waals surface area contributed by atoms with Gasteiger partial charge in [0, 0.05) is 21.1 Å². The van der Waals surface area contributed by atoms with E-state index < -0.39 is 22.1 Å². The minimum Gasteiger partial charge on any atom is -0.356 e. The van der Waals surface area contributed by atoms with Crippen LogP contribution in [0.25, 0.3) is 0 Å². The molecule has 10 heteroatoms. The normalized spacial score (nSPS) is 17.2. The van der Waals surface area contributed by atoms with Gasteiger partial charge in [0.2, 0.25) is 21.3 Å². The lowest BCUT2D eigenvalue weighted by Crippen LogP contribution is -2.52. The molecule has 1 amide bonds. The van der Waals surface area contributed by atoms with Crippen LogP contribution >= 0.6 is 0 Å². The number of fused-ring (bicyclic) bond motifs is 1. The molecule has 0 bridgehead atoms. The molecule has 1 aromatic heterocycles. The fraction of sp³-hybridized carbons (Fsp3) is 0.312. The topological polar surface area (TPSA) is 120 Å². The third kappa shape index (κ3) is 2.71. The number of aliphatic hydroxyl groups excluding tert-OH is 1. The van der Waals surface area contributed by atoms with Crippen molar-refractivity contribution < 1.29 is 18.3 Å². The maximum atomic E-state index is 12.8. The molecule has 1 aliphatic heterocycles. The summed E-state index contributed by atoms with van der Waals surface area (Å²) in [6.45, 7) is 0. The van der Waals surface area contributed by atoms with Crippen molar-refractivity contribution in [1.82, 2.24) is 14.5 Å². The number of aliphatic hydroxyl groups is 1. The van der Waals surface area contributed by atoms with Crippen molar-refractivity contribution in [2.75, 3.05) is 19.0 Å². The monoisotopic (exact) mass is 375 g/mol. The minimum absolute atomic E-state index is 0.0876. The van der Waals surface area contributed by atoms with Gasteiger partial charge >= 0.3 is 0 Å². The van der Waals surface area contributed by atoms with Crippen LogP contribution in [0.2, 0.25) is 0 Å². The van der Waals surface area contributed by atoms with Gasteiger partial charge in [-0.3, -0.25) is 9.69 Å². The van der Waals surface area contributed by atoms with Gasteiger partial charge in [-0.1, -0.05) is 12.1 Å². The first-order valence-corrected chi connectivity index (χ1v) is 9.29. The molecule has 0 aliphatic carbocycles. The van der Waals surface area contributed by atoms with Crippen LogP contribution in [0.1, 0.15) is 21.6 Å². The van der Waals surface area contributed by atoms with E-state index in [9.17, 15) is 18.3 Å². The number of hydrogen-bond acceptors (Lipinski definition) is 7. The highest BCUT2D eigenvalue weighted by atomic mass is 32.2. The molecule has 1 N–H and O–H groups in total. The lowest BCUT2D eigenvalue weighted by molar-refractivity contribution is 0.0153. The number of sulfone groups is 1. The number of anilines is 1. The molecule has 2 aromatic rings. The second-order valence-electron chi connectivity index (χ2n) is 6.07. The SMILES string of the molecule is CN1C(=O)c2c(nc(S(=O)(=O)Cc3cccc(C#N)c3)n2C)N(C)C1O. The van der Waals surface area contributed by atoms with E-state index in [0.717, 1.165) is 4.90 Å². The lowest BCUT2D eigenvalue weighted by atomic mass is 10.2. The number of rotatable bonds is 3. The molecule has 0 fully saturated rings. The van der Waals surface area contributed by atoms with Gasteiger partial charge in [0.1, 0.15) is 0 Å². The molecule has 3 rings (SSSR count). The smallest absolute Gasteiger partial charge is 0.277 e. The van der Waals surface area contributed by atoms with Gasteiger partial charge in [0.15, 0.2) is 11.5 Å². The predicted molar refractivity (Wildman–Crippen MR) is 91.8 cm³/mol. The Balaban J connectivity index is 2.06. The summed E-state index contributed by atoms with van der Waals surface area (Å²) < 4.78 is 26.9. The molecular weight excluding hydrogens is 358 g/mol. The van der Waals surface area contributed by atoms with E-state index in [0.29, 0.717) is 11.1 Å². The maximum absolute atomic E-state index is 12.8. The largest absolute Gasteiger partial charge is 0.356 e. The highest BCUT2D eigenvalue weighted by Gasteiger charge is 2.39. The van der Waals surface area contributed by atoms with E-state index in [-0.39, 0.29) is 22.4 Å². The van der Waals surface area contributed by atoms with Gasteiger partial charge in [-0.05, 0) is 17.7 Å². The highest BCUT2D eigenvalue weighted by Crippen LogP contribution is 2.30. The zero-order valence-corrected chi connectivity index (χ0v) is 15.2. The molecule has 136 valence electrons. The second-order valence-corrected chi connectivity index (χ2v) is 7.95. The van der Waals surface area contributed by atoms with Gasteiger partial charge in [0.05, 0.1) is 17.4 Å². The van der Waals surface area contributed by atoms with Crippen molar-refractivity contribution in [2.45, 2.75) is 17.3 Å². The van der Waals surface area contributed by atoms with Crippen LogP contribution in [-0.4, -0.2) is 54.3 Å². The van der Waals surface area contributed by atoms with Crippen LogP contribution in [0, 0.1) is 11.3 Å². The van der Waals surface area contributed by atoms with Gasteiger partial charge in [-0.2, -0.15) is 10.2 Å². The summed E-state index contributed by atoms with van der Waals surface area (Å²) in [5.74, 6) is -0.774. The second kappa shape index (κ2) is 6.12. The fourth-order valence-electron chi connectivity index (χ4n) is 2.88. The Morgan fingerprint density at radius 2 is 1.96 bits per heavy atom. The number of nitriles is 1. The number of hydrogen-bond donors (Lipinski definition) is 1. The number of benzene rings is 1. The Morgan fingerprint density at radius 3 is 2.62 bits per heavy atom. The summed E-state index contributed by atoms with van der Waals surface area (Å²) in [5.41, 5.74) is 0.892. The first kappa shape index (κ1) is 17.9. The molecular formula is C16H17N5O4S. The molecule has 0 spiro atoms. The van der Waals surface area contributed by atoms with Crippen LogP contribution in [-0.2, 0) is 22.6 Å². The average molecular weight is 375 g/mol.